The summed E-state index contributed by atoms with van der Waals surface area (Å²) in [6.45, 7) is 1.14. The summed E-state index contributed by atoms with van der Waals surface area (Å²) in [5, 5.41) is 2.51. The fourth-order valence-corrected chi connectivity index (χ4v) is 2.24. The zero-order valence-electron chi connectivity index (χ0n) is 11.7. The standard InChI is InChI=1S/C16H20N2O.ClH/c1-18(16(19)9-11-17)12-10-14-7-4-6-13-5-2-3-8-15(13)14;/h2-8H,9-12,17H2,1H3;1H. The van der Waals surface area contributed by atoms with Crippen molar-refractivity contribution in [2.75, 3.05) is 20.1 Å². The Balaban J connectivity index is 0.00000200. The van der Waals surface area contributed by atoms with Gasteiger partial charge in [-0.15, -0.1) is 12.4 Å². The van der Waals surface area contributed by atoms with Crippen molar-refractivity contribution in [2.24, 2.45) is 5.73 Å². The molecular weight excluding hydrogens is 272 g/mol. The second-order valence-corrected chi connectivity index (χ2v) is 4.74. The number of nitrogens with two attached hydrogens (primary N) is 1. The lowest BCUT2D eigenvalue weighted by Crippen LogP contribution is -2.30. The summed E-state index contributed by atoms with van der Waals surface area (Å²) in [6, 6.07) is 14.7. The van der Waals surface area contributed by atoms with E-state index in [-0.39, 0.29) is 18.3 Å². The largest absolute Gasteiger partial charge is 0.345 e. The molecule has 2 rings (SSSR count). The first-order valence-corrected chi connectivity index (χ1v) is 6.63. The van der Waals surface area contributed by atoms with Crippen LogP contribution < -0.4 is 5.73 Å². The Labute approximate surface area is 126 Å². The van der Waals surface area contributed by atoms with Crippen molar-refractivity contribution < 1.29 is 4.79 Å². The van der Waals surface area contributed by atoms with E-state index < -0.39 is 0 Å². The van der Waals surface area contributed by atoms with Gasteiger partial charge in [-0.1, -0.05) is 42.5 Å². The van der Waals surface area contributed by atoms with Crippen molar-refractivity contribution >= 4 is 29.1 Å². The topological polar surface area (TPSA) is 46.3 Å². The average Bonchev–Trinajstić information content (AvgIpc) is 2.45. The van der Waals surface area contributed by atoms with Crippen molar-refractivity contribution in [3.8, 4) is 0 Å². The van der Waals surface area contributed by atoms with Crippen LogP contribution in [0.15, 0.2) is 42.5 Å². The third-order valence-corrected chi connectivity index (χ3v) is 3.38. The number of carbonyl (C=O) groups is 1. The highest BCUT2D eigenvalue weighted by Crippen LogP contribution is 2.19. The van der Waals surface area contributed by atoms with E-state index in [1.54, 1.807) is 4.90 Å². The number of fused-ring (bicyclic) bond motifs is 1. The molecule has 0 unspecified atom stereocenters. The molecule has 0 aliphatic heterocycles. The summed E-state index contributed by atoms with van der Waals surface area (Å²) in [6.07, 6.45) is 1.29. The molecule has 0 heterocycles. The molecule has 0 saturated heterocycles. The highest BCUT2D eigenvalue weighted by atomic mass is 35.5. The number of rotatable bonds is 5. The molecule has 2 aromatic rings. The first-order valence-electron chi connectivity index (χ1n) is 6.63. The molecule has 3 nitrogen and oxygen atoms in total. The van der Waals surface area contributed by atoms with E-state index in [9.17, 15) is 4.79 Å². The number of carbonyl (C=O) groups excluding carboxylic acids is 1. The van der Waals surface area contributed by atoms with Gasteiger partial charge in [0.05, 0.1) is 0 Å². The van der Waals surface area contributed by atoms with E-state index in [0.717, 1.165) is 13.0 Å². The SMILES string of the molecule is CN(CCc1cccc2ccccc12)C(=O)CCN.Cl. The molecule has 2 aromatic carbocycles. The molecule has 0 spiro atoms. The number of amides is 1. The van der Waals surface area contributed by atoms with Crippen molar-refractivity contribution in [2.45, 2.75) is 12.8 Å². The van der Waals surface area contributed by atoms with Gasteiger partial charge >= 0.3 is 0 Å². The fourth-order valence-electron chi connectivity index (χ4n) is 2.24. The Bertz CT molecular complexity index is 566. The van der Waals surface area contributed by atoms with Crippen LogP contribution in [0.1, 0.15) is 12.0 Å². The van der Waals surface area contributed by atoms with Crippen LogP contribution in [0.3, 0.4) is 0 Å². The summed E-state index contributed by atoms with van der Waals surface area (Å²) in [5.74, 6) is 0.114. The van der Waals surface area contributed by atoms with E-state index in [4.69, 9.17) is 5.73 Å². The zero-order chi connectivity index (χ0) is 13.7. The molecule has 108 valence electrons. The first kappa shape index (κ1) is 16.5. The molecule has 0 aliphatic rings. The van der Waals surface area contributed by atoms with Crippen LogP contribution in [0.2, 0.25) is 0 Å². The van der Waals surface area contributed by atoms with Crippen molar-refractivity contribution in [3.63, 3.8) is 0 Å². The maximum Gasteiger partial charge on any atom is 0.223 e. The maximum atomic E-state index is 11.7. The number of halogens is 1. The van der Waals surface area contributed by atoms with Gasteiger partial charge in [0, 0.05) is 26.6 Å². The summed E-state index contributed by atoms with van der Waals surface area (Å²) in [5.41, 5.74) is 6.68. The minimum absolute atomic E-state index is 0. The Morgan fingerprint density at radius 2 is 1.85 bits per heavy atom. The molecule has 0 aromatic heterocycles. The Hall–Kier alpha value is -1.58. The molecule has 0 bridgehead atoms. The fraction of sp³-hybridized carbons (Fsp3) is 0.312. The van der Waals surface area contributed by atoms with E-state index in [1.165, 1.54) is 16.3 Å². The molecule has 0 radical (unpaired) electrons. The van der Waals surface area contributed by atoms with Crippen molar-refractivity contribution in [1.82, 2.24) is 4.90 Å². The second-order valence-electron chi connectivity index (χ2n) is 4.74. The highest BCUT2D eigenvalue weighted by molar-refractivity contribution is 5.86. The van der Waals surface area contributed by atoms with Gasteiger partial charge in [-0.25, -0.2) is 0 Å². The van der Waals surface area contributed by atoms with Gasteiger partial charge in [0.1, 0.15) is 0 Å². The zero-order valence-corrected chi connectivity index (χ0v) is 12.5. The summed E-state index contributed by atoms with van der Waals surface area (Å²) in [7, 11) is 1.84. The molecule has 20 heavy (non-hydrogen) atoms. The molecule has 1 amide bonds. The van der Waals surface area contributed by atoms with E-state index in [0.29, 0.717) is 13.0 Å². The first-order chi connectivity index (χ1) is 9.22. The molecule has 0 fully saturated rings. The number of nitrogens with zero attached hydrogens (tertiary/aromatic N) is 1. The third kappa shape index (κ3) is 3.95. The Morgan fingerprint density at radius 1 is 1.15 bits per heavy atom. The van der Waals surface area contributed by atoms with Crippen LogP contribution in [0.4, 0.5) is 0 Å². The number of benzene rings is 2. The molecule has 4 heteroatoms. The predicted molar refractivity (Wildman–Crippen MR) is 86.2 cm³/mol. The van der Waals surface area contributed by atoms with E-state index >= 15 is 0 Å². The minimum Gasteiger partial charge on any atom is -0.345 e. The normalized spacial score (nSPS) is 10.1. The second kappa shape index (κ2) is 7.88. The van der Waals surface area contributed by atoms with Gasteiger partial charge in [0.2, 0.25) is 5.91 Å². The van der Waals surface area contributed by atoms with Gasteiger partial charge < -0.3 is 10.6 Å². The van der Waals surface area contributed by atoms with Crippen molar-refractivity contribution in [3.05, 3.63) is 48.0 Å². The molecular formula is C16H21ClN2O. The van der Waals surface area contributed by atoms with Crippen LogP contribution in [-0.4, -0.2) is 30.9 Å². The number of hydrogen-bond acceptors (Lipinski definition) is 2. The summed E-state index contributed by atoms with van der Waals surface area (Å²) < 4.78 is 0. The maximum absolute atomic E-state index is 11.7. The van der Waals surface area contributed by atoms with E-state index in [1.807, 2.05) is 13.1 Å². The lowest BCUT2D eigenvalue weighted by Gasteiger charge is -2.17. The third-order valence-electron chi connectivity index (χ3n) is 3.38. The molecule has 0 atom stereocenters. The van der Waals surface area contributed by atoms with Crippen LogP contribution in [-0.2, 0) is 11.2 Å². The lowest BCUT2D eigenvalue weighted by atomic mass is 10.0. The molecule has 0 aliphatic carbocycles. The van der Waals surface area contributed by atoms with E-state index in [2.05, 4.69) is 36.4 Å². The lowest BCUT2D eigenvalue weighted by molar-refractivity contribution is -0.129. The predicted octanol–water partition coefficient (Wildman–Crippen LogP) is 2.61. The van der Waals surface area contributed by atoms with Gasteiger partial charge in [-0.3, -0.25) is 4.79 Å². The smallest absolute Gasteiger partial charge is 0.223 e. The highest BCUT2D eigenvalue weighted by Gasteiger charge is 2.08. The van der Waals surface area contributed by atoms with Crippen LogP contribution in [0, 0.1) is 0 Å². The monoisotopic (exact) mass is 292 g/mol. The van der Waals surface area contributed by atoms with Crippen LogP contribution >= 0.6 is 12.4 Å². The number of hydrogen-bond donors (Lipinski definition) is 1. The Kier molecular flexibility index (Phi) is 6.49. The average molecular weight is 293 g/mol. The Morgan fingerprint density at radius 3 is 2.60 bits per heavy atom. The summed E-state index contributed by atoms with van der Waals surface area (Å²) >= 11 is 0. The number of likely N-dealkylation sites (N-methyl/N-ethyl adjacent to an activating group) is 1. The van der Waals surface area contributed by atoms with Gasteiger partial charge in [0.15, 0.2) is 0 Å². The minimum atomic E-state index is 0. The van der Waals surface area contributed by atoms with Crippen LogP contribution in [0.25, 0.3) is 10.8 Å². The van der Waals surface area contributed by atoms with Gasteiger partial charge in [-0.05, 0) is 22.8 Å². The van der Waals surface area contributed by atoms with Gasteiger partial charge in [-0.2, -0.15) is 0 Å². The van der Waals surface area contributed by atoms with Crippen LogP contribution in [0.5, 0.6) is 0 Å². The quantitative estimate of drug-likeness (QED) is 0.921. The summed E-state index contributed by atoms with van der Waals surface area (Å²) in [4.78, 5) is 13.4. The molecule has 0 saturated carbocycles. The van der Waals surface area contributed by atoms with Crippen molar-refractivity contribution in [1.29, 1.82) is 0 Å². The molecule has 2 N–H and O–H groups in total. The van der Waals surface area contributed by atoms with Gasteiger partial charge in [0.25, 0.3) is 0 Å².